The van der Waals surface area contributed by atoms with E-state index >= 15 is 0 Å². The third kappa shape index (κ3) is 2.50. The number of nitro groups is 1. The standard InChI is InChI=1S/C19H14BrN5O3/c20-14-3-1-2-11-13-9-24(7-6-15(13)21-17(11)14)19(26)18-12-8-10(25(27)28)4-5-16(12)22-23-18/h1-5,8,21H,6-7,9H2,(H,22,23). The number of non-ortho nitro benzene ring substituents is 1. The topological polar surface area (TPSA) is 108 Å². The normalized spacial score (nSPS) is 13.8. The Kier molecular flexibility index (Phi) is 3.73. The molecule has 0 aliphatic carbocycles. The van der Waals surface area contributed by atoms with E-state index in [4.69, 9.17) is 0 Å². The molecule has 1 aliphatic heterocycles. The molecule has 5 rings (SSSR count). The van der Waals surface area contributed by atoms with E-state index in [1.165, 1.54) is 12.1 Å². The Morgan fingerprint density at radius 3 is 2.93 bits per heavy atom. The van der Waals surface area contributed by atoms with E-state index in [0.717, 1.165) is 26.6 Å². The van der Waals surface area contributed by atoms with Gasteiger partial charge in [-0.15, -0.1) is 0 Å². The molecule has 2 aromatic carbocycles. The molecule has 4 aromatic rings. The fourth-order valence-electron chi connectivity index (χ4n) is 3.80. The number of para-hydroxylation sites is 1. The van der Waals surface area contributed by atoms with Gasteiger partial charge in [-0.1, -0.05) is 12.1 Å². The number of benzene rings is 2. The van der Waals surface area contributed by atoms with E-state index < -0.39 is 4.92 Å². The highest BCUT2D eigenvalue weighted by atomic mass is 79.9. The Labute approximate surface area is 166 Å². The molecule has 9 heteroatoms. The van der Waals surface area contributed by atoms with Crippen LogP contribution in [-0.4, -0.2) is 37.5 Å². The maximum atomic E-state index is 13.1. The van der Waals surface area contributed by atoms with Crippen molar-refractivity contribution in [3.63, 3.8) is 0 Å². The maximum Gasteiger partial charge on any atom is 0.275 e. The van der Waals surface area contributed by atoms with Gasteiger partial charge in [0.05, 0.1) is 16.0 Å². The molecule has 0 fully saturated rings. The average molecular weight is 440 g/mol. The summed E-state index contributed by atoms with van der Waals surface area (Å²) in [5.74, 6) is -0.234. The Hall–Kier alpha value is -3.20. The third-order valence-corrected chi connectivity index (χ3v) is 5.87. The maximum absolute atomic E-state index is 13.1. The molecule has 0 atom stereocenters. The highest BCUT2D eigenvalue weighted by molar-refractivity contribution is 9.10. The number of aromatic nitrogens is 3. The van der Waals surface area contributed by atoms with Gasteiger partial charge in [-0.3, -0.25) is 20.0 Å². The zero-order valence-corrected chi connectivity index (χ0v) is 16.1. The Bertz CT molecular complexity index is 1280. The van der Waals surface area contributed by atoms with Crippen molar-refractivity contribution < 1.29 is 9.72 Å². The summed E-state index contributed by atoms with van der Waals surface area (Å²) in [7, 11) is 0. The van der Waals surface area contributed by atoms with Crippen molar-refractivity contribution in [2.75, 3.05) is 6.54 Å². The molecule has 0 saturated heterocycles. The second kappa shape index (κ2) is 6.16. The van der Waals surface area contributed by atoms with Crippen LogP contribution in [0, 0.1) is 10.1 Å². The van der Waals surface area contributed by atoms with Gasteiger partial charge in [0.2, 0.25) is 0 Å². The predicted octanol–water partition coefficient (Wildman–Crippen LogP) is 3.91. The second-order valence-electron chi connectivity index (χ2n) is 6.78. The minimum Gasteiger partial charge on any atom is -0.357 e. The minimum absolute atomic E-state index is 0.0645. The zero-order chi connectivity index (χ0) is 19.4. The van der Waals surface area contributed by atoms with Gasteiger partial charge in [0.25, 0.3) is 11.6 Å². The molecule has 2 N–H and O–H groups in total. The van der Waals surface area contributed by atoms with Crippen molar-refractivity contribution >= 4 is 49.3 Å². The fraction of sp³-hybridized carbons (Fsp3) is 0.158. The van der Waals surface area contributed by atoms with Crippen molar-refractivity contribution in [3.05, 3.63) is 67.9 Å². The van der Waals surface area contributed by atoms with Crippen LogP contribution in [0.25, 0.3) is 21.8 Å². The number of halogens is 1. The molecule has 0 saturated carbocycles. The first-order chi connectivity index (χ1) is 13.5. The lowest BCUT2D eigenvalue weighted by molar-refractivity contribution is -0.384. The van der Waals surface area contributed by atoms with Crippen LogP contribution in [0.15, 0.2) is 40.9 Å². The lowest BCUT2D eigenvalue weighted by Crippen LogP contribution is -2.36. The quantitative estimate of drug-likeness (QED) is 0.364. The summed E-state index contributed by atoms with van der Waals surface area (Å²) in [6.07, 6.45) is 0.713. The molecule has 0 radical (unpaired) electrons. The van der Waals surface area contributed by atoms with Gasteiger partial charge in [0.1, 0.15) is 0 Å². The molecular weight excluding hydrogens is 426 g/mol. The molecular formula is C19H14BrN5O3. The number of hydrogen-bond donors (Lipinski definition) is 2. The first-order valence-corrected chi connectivity index (χ1v) is 9.52. The number of aromatic amines is 2. The number of nitrogens with one attached hydrogen (secondary N) is 2. The van der Waals surface area contributed by atoms with Crippen LogP contribution >= 0.6 is 15.9 Å². The summed E-state index contributed by atoms with van der Waals surface area (Å²) in [5.41, 5.74) is 4.01. The lowest BCUT2D eigenvalue weighted by Gasteiger charge is -2.26. The SMILES string of the molecule is O=C(c1n[nH]c2ccc([N+](=O)[O-])cc12)N1CCc2[nH]c3c(Br)cccc3c2C1. The first-order valence-electron chi connectivity index (χ1n) is 8.72. The molecule has 3 heterocycles. The number of H-pyrrole nitrogens is 2. The fourth-order valence-corrected chi connectivity index (χ4v) is 4.27. The second-order valence-corrected chi connectivity index (χ2v) is 7.63. The van der Waals surface area contributed by atoms with Crippen LogP contribution in [0.5, 0.6) is 0 Å². The van der Waals surface area contributed by atoms with Gasteiger partial charge >= 0.3 is 0 Å². The van der Waals surface area contributed by atoms with Crippen molar-refractivity contribution in [3.8, 4) is 0 Å². The van der Waals surface area contributed by atoms with E-state index in [1.54, 1.807) is 11.0 Å². The molecule has 2 aromatic heterocycles. The van der Waals surface area contributed by atoms with Crippen molar-refractivity contribution in [2.24, 2.45) is 0 Å². The van der Waals surface area contributed by atoms with Gasteiger partial charge in [0, 0.05) is 58.1 Å². The van der Waals surface area contributed by atoms with Crippen LogP contribution in [-0.2, 0) is 13.0 Å². The Morgan fingerprint density at radius 2 is 2.11 bits per heavy atom. The molecule has 0 unspecified atom stereocenters. The summed E-state index contributed by atoms with van der Waals surface area (Å²) >= 11 is 3.56. The number of carbonyl (C=O) groups excluding carboxylic acids is 1. The van der Waals surface area contributed by atoms with Crippen molar-refractivity contribution in [2.45, 2.75) is 13.0 Å². The molecule has 140 valence electrons. The van der Waals surface area contributed by atoms with Crippen LogP contribution in [0.4, 0.5) is 5.69 Å². The zero-order valence-electron chi connectivity index (χ0n) is 14.5. The largest absolute Gasteiger partial charge is 0.357 e. The van der Waals surface area contributed by atoms with Crippen LogP contribution in [0.2, 0.25) is 0 Å². The van der Waals surface area contributed by atoms with Crippen LogP contribution in [0.1, 0.15) is 21.7 Å². The van der Waals surface area contributed by atoms with E-state index in [0.29, 0.717) is 30.4 Å². The smallest absolute Gasteiger partial charge is 0.275 e. The summed E-state index contributed by atoms with van der Waals surface area (Å²) in [5, 5.41) is 19.6. The number of carbonyl (C=O) groups is 1. The average Bonchev–Trinajstić information content (AvgIpc) is 3.28. The predicted molar refractivity (Wildman–Crippen MR) is 107 cm³/mol. The van der Waals surface area contributed by atoms with Crippen molar-refractivity contribution in [1.29, 1.82) is 0 Å². The number of rotatable bonds is 2. The number of nitrogens with zero attached hydrogens (tertiary/aromatic N) is 3. The minimum atomic E-state index is -0.475. The van der Waals surface area contributed by atoms with Gasteiger partial charge in [-0.05, 0) is 28.1 Å². The van der Waals surface area contributed by atoms with E-state index in [1.807, 2.05) is 18.2 Å². The van der Waals surface area contributed by atoms with Crippen LogP contribution < -0.4 is 0 Å². The van der Waals surface area contributed by atoms with E-state index in [-0.39, 0.29) is 17.3 Å². The summed E-state index contributed by atoms with van der Waals surface area (Å²) in [6, 6.07) is 10.4. The highest BCUT2D eigenvalue weighted by Gasteiger charge is 2.28. The summed E-state index contributed by atoms with van der Waals surface area (Å²) in [6.45, 7) is 1.02. The molecule has 28 heavy (non-hydrogen) atoms. The van der Waals surface area contributed by atoms with Crippen LogP contribution in [0.3, 0.4) is 0 Å². The van der Waals surface area contributed by atoms with Crippen molar-refractivity contribution in [1.82, 2.24) is 20.1 Å². The Balaban J connectivity index is 1.53. The van der Waals surface area contributed by atoms with E-state index in [9.17, 15) is 14.9 Å². The summed E-state index contributed by atoms with van der Waals surface area (Å²) < 4.78 is 0.989. The Morgan fingerprint density at radius 1 is 1.25 bits per heavy atom. The monoisotopic (exact) mass is 439 g/mol. The number of fused-ring (bicyclic) bond motifs is 4. The molecule has 0 spiro atoms. The molecule has 8 nitrogen and oxygen atoms in total. The third-order valence-electron chi connectivity index (χ3n) is 5.21. The molecule has 0 bridgehead atoms. The number of amides is 1. The first kappa shape index (κ1) is 16.9. The van der Waals surface area contributed by atoms with Gasteiger partial charge in [-0.25, -0.2) is 0 Å². The summed E-state index contributed by atoms with van der Waals surface area (Å²) in [4.78, 5) is 28.9. The molecule has 1 aliphatic rings. The van der Waals surface area contributed by atoms with Gasteiger partial charge < -0.3 is 9.88 Å². The highest BCUT2D eigenvalue weighted by Crippen LogP contribution is 2.32. The number of nitro benzene ring substituents is 1. The van der Waals surface area contributed by atoms with E-state index in [2.05, 4.69) is 31.1 Å². The molecule has 1 amide bonds. The van der Waals surface area contributed by atoms with Gasteiger partial charge in [-0.2, -0.15) is 5.10 Å². The number of hydrogen-bond acceptors (Lipinski definition) is 4. The lowest BCUT2D eigenvalue weighted by atomic mass is 10.0. The van der Waals surface area contributed by atoms with Gasteiger partial charge in [0.15, 0.2) is 5.69 Å².